The van der Waals surface area contributed by atoms with E-state index in [-0.39, 0.29) is 17.0 Å². The van der Waals surface area contributed by atoms with Gasteiger partial charge in [-0.15, -0.1) is 11.3 Å². The molecule has 9 heteroatoms. The second-order valence-electron chi connectivity index (χ2n) is 9.77. The number of carbonyl (C=O) groups is 2. The van der Waals surface area contributed by atoms with Gasteiger partial charge in [-0.3, -0.25) is 4.79 Å². The van der Waals surface area contributed by atoms with Crippen molar-refractivity contribution in [2.24, 2.45) is 0 Å². The van der Waals surface area contributed by atoms with Crippen LogP contribution in [0.3, 0.4) is 0 Å². The molecule has 2 heterocycles. The molecule has 0 unspecified atom stereocenters. The minimum atomic E-state index is -0.512. The van der Waals surface area contributed by atoms with Crippen LogP contribution >= 0.6 is 22.9 Å². The molecule has 35 heavy (non-hydrogen) atoms. The molecule has 0 radical (unpaired) electrons. The fourth-order valence-corrected chi connectivity index (χ4v) is 5.43. The van der Waals surface area contributed by atoms with Gasteiger partial charge in [-0.05, 0) is 56.2 Å². The first-order valence-electron chi connectivity index (χ1n) is 11.4. The fourth-order valence-electron chi connectivity index (χ4n) is 4.02. The number of anilines is 1. The molecule has 0 saturated carbocycles. The Morgan fingerprint density at radius 2 is 1.69 bits per heavy atom. The van der Waals surface area contributed by atoms with E-state index in [4.69, 9.17) is 16.3 Å². The predicted octanol–water partition coefficient (Wildman–Crippen LogP) is 6.12. The number of amides is 2. The number of thiophene rings is 1. The number of ether oxygens (including phenoxy) is 1. The second kappa shape index (κ2) is 9.66. The van der Waals surface area contributed by atoms with Crippen LogP contribution < -0.4 is 4.90 Å². The van der Waals surface area contributed by atoms with Crippen LogP contribution in [0.1, 0.15) is 30.4 Å². The third-order valence-electron chi connectivity index (χ3n) is 5.79. The van der Waals surface area contributed by atoms with Crippen LogP contribution in [-0.4, -0.2) is 67.7 Å². The third kappa shape index (κ3) is 5.38. The Bertz CT molecular complexity index is 1260. The Labute approximate surface area is 213 Å². The minimum Gasteiger partial charge on any atom is -0.444 e. The van der Waals surface area contributed by atoms with Crippen LogP contribution in [0.15, 0.2) is 36.4 Å². The standard InChI is InChI=1S/C26H29ClFN3O3S/c1-26(2,3)34-25(33)31-12-10-30(11-13-31)17-8-6-16(7-9-17)18-14-20(27)22(28)23-19(18)15-21(35-23)24(32)29(4)5/h6-9,14-15H,10-13H2,1-5H3. The van der Waals surface area contributed by atoms with E-state index in [2.05, 4.69) is 4.90 Å². The van der Waals surface area contributed by atoms with Gasteiger partial charge in [0.2, 0.25) is 0 Å². The van der Waals surface area contributed by atoms with Crippen molar-refractivity contribution in [3.05, 3.63) is 52.1 Å². The van der Waals surface area contributed by atoms with E-state index in [1.54, 1.807) is 31.1 Å². The Kier molecular flexibility index (Phi) is 6.97. The molecule has 3 aromatic rings. The number of halogens is 2. The van der Waals surface area contributed by atoms with Crippen molar-refractivity contribution in [1.29, 1.82) is 0 Å². The van der Waals surface area contributed by atoms with Crippen LogP contribution in [0.5, 0.6) is 0 Å². The molecule has 0 N–H and O–H groups in total. The molecule has 1 fully saturated rings. The molecule has 0 spiro atoms. The normalized spacial score (nSPS) is 14.4. The summed E-state index contributed by atoms with van der Waals surface area (Å²) in [5.74, 6) is -0.679. The van der Waals surface area contributed by atoms with Gasteiger partial charge >= 0.3 is 6.09 Å². The molecule has 2 aromatic carbocycles. The van der Waals surface area contributed by atoms with Crippen LogP contribution in [-0.2, 0) is 4.74 Å². The maximum atomic E-state index is 14.8. The zero-order chi connectivity index (χ0) is 25.5. The van der Waals surface area contributed by atoms with E-state index in [1.165, 1.54) is 4.90 Å². The van der Waals surface area contributed by atoms with Gasteiger partial charge in [-0.25, -0.2) is 9.18 Å². The Balaban J connectivity index is 1.55. The molecule has 0 aliphatic carbocycles. The number of fused-ring (bicyclic) bond motifs is 1. The SMILES string of the molecule is CN(C)C(=O)c1cc2c(-c3ccc(N4CCN(C(=O)OC(C)(C)C)CC4)cc3)cc(Cl)c(F)c2s1. The lowest BCUT2D eigenvalue weighted by Crippen LogP contribution is -2.50. The summed E-state index contributed by atoms with van der Waals surface area (Å²) in [5, 5.41) is 0.696. The van der Waals surface area contributed by atoms with Crippen LogP contribution in [0.25, 0.3) is 21.2 Å². The summed E-state index contributed by atoms with van der Waals surface area (Å²) in [6.07, 6.45) is -0.285. The fraction of sp³-hybridized carbons (Fsp3) is 0.385. The Morgan fingerprint density at radius 3 is 2.26 bits per heavy atom. The van der Waals surface area contributed by atoms with E-state index in [1.807, 2.05) is 45.0 Å². The van der Waals surface area contributed by atoms with E-state index < -0.39 is 11.4 Å². The van der Waals surface area contributed by atoms with Crippen molar-refractivity contribution in [3.63, 3.8) is 0 Å². The molecule has 4 rings (SSSR count). The summed E-state index contributed by atoms with van der Waals surface area (Å²) in [5.41, 5.74) is 2.19. The van der Waals surface area contributed by atoms with Gasteiger partial charge < -0.3 is 19.4 Å². The molecule has 186 valence electrons. The average Bonchev–Trinajstić information content (AvgIpc) is 3.26. The van der Waals surface area contributed by atoms with Crippen molar-refractivity contribution in [1.82, 2.24) is 9.80 Å². The van der Waals surface area contributed by atoms with Crippen molar-refractivity contribution in [2.75, 3.05) is 45.2 Å². The third-order valence-corrected chi connectivity index (χ3v) is 7.18. The van der Waals surface area contributed by atoms with Crippen molar-refractivity contribution >= 4 is 50.7 Å². The number of nitrogens with zero attached hydrogens (tertiary/aromatic N) is 3. The van der Waals surface area contributed by atoms with Gasteiger partial charge in [0.15, 0.2) is 5.82 Å². The van der Waals surface area contributed by atoms with Gasteiger partial charge in [0.05, 0.1) is 14.6 Å². The van der Waals surface area contributed by atoms with Gasteiger partial charge in [0.25, 0.3) is 5.91 Å². The van der Waals surface area contributed by atoms with E-state index in [9.17, 15) is 14.0 Å². The molecule has 1 aliphatic rings. The lowest BCUT2D eigenvalue weighted by Gasteiger charge is -2.36. The second-order valence-corrected chi connectivity index (χ2v) is 11.2. The molecular formula is C26H29ClFN3O3S. The van der Waals surface area contributed by atoms with Crippen LogP contribution in [0, 0.1) is 5.82 Å². The summed E-state index contributed by atoms with van der Waals surface area (Å²) in [7, 11) is 3.34. The van der Waals surface area contributed by atoms with Gasteiger partial charge in [-0.2, -0.15) is 0 Å². The zero-order valence-electron chi connectivity index (χ0n) is 20.5. The number of carbonyl (C=O) groups excluding carboxylic acids is 2. The van der Waals surface area contributed by atoms with E-state index >= 15 is 0 Å². The smallest absolute Gasteiger partial charge is 0.410 e. The highest BCUT2D eigenvalue weighted by Gasteiger charge is 2.26. The van der Waals surface area contributed by atoms with Gasteiger partial charge in [-0.1, -0.05) is 23.7 Å². The highest BCUT2D eigenvalue weighted by Crippen LogP contribution is 2.40. The zero-order valence-corrected chi connectivity index (χ0v) is 22.1. The maximum Gasteiger partial charge on any atom is 0.410 e. The molecule has 1 aromatic heterocycles. The number of rotatable bonds is 3. The molecule has 1 aliphatic heterocycles. The summed E-state index contributed by atoms with van der Waals surface area (Å²) < 4.78 is 20.6. The summed E-state index contributed by atoms with van der Waals surface area (Å²) in [4.78, 5) is 30.7. The molecular weight excluding hydrogens is 489 g/mol. The monoisotopic (exact) mass is 517 g/mol. The number of piperazine rings is 1. The summed E-state index contributed by atoms with van der Waals surface area (Å²) in [6.45, 7) is 8.16. The highest BCUT2D eigenvalue weighted by molar-refractivity contribution is 7.21. The summed E-state index contributed by atoms with van der Waals surface area (Å²) in [6, 6.07) is 11.3. The number of benzene rings is 2. The first-order chi connectivity index (χ1) is 16.4. The maximum absolute atomic E-state index is 14.8. The quantitative estimate of drug-likeness (QED) is 0.420. The lowest BCUT2D eigenvalue weighted by molar-refractivity contribution is 0.0240. The molecule has 0 bridgehead atoms. The molecule has 0 atom stereocenters. The molecule has 2 amide bonds. The van der Waals surface area contributed by atoms with Crippen LogP contribution in [0.4, 0.5) is 14.9 Å². The van der Waals surface area contributed by atoms with Gasteiger partial charge in [0.1, 0.15) is 5.60 Å². The van der Waals surface area contributed by atoms with Crippen molar-refractivity contribution in [2.45, 2.75) is 26.4 Å². The first kappa shape index (κ1) is 25.3. The van der Waals surface area contributed by atoms with E-state index in [0.717, 1.165) is 28.2 Å². The minimum absolute atomic E-state index is 0.0283. The highest BCUT2D eigenvalue weighted by atomic mass is 35.5. The largest absolute Gasteiger partial charge is 0.444 e. The summed E-state index contributed by atoms with van der Waals surface area (Å²) >= 11 is 7.33. The van der Waals surface area contributed by atoms with Crippen LogP contribution in [0.2, 0.25) is 5.02 Å². The average molecular weight is 518 g/mol. The topological polar surface area (TPSA) is 53.1 Å². The number of hydrogen-bond acceptors (Lipinski definition) is 5. The first-order valence-corrected chi connectivity index (χ1v) is 12.6. The molecule has 6 nitrogen and oxygen atoms in total. The van der Waals surface area contributed by atoms with Crippen molar-refractivity contribution in [3.8, 4) is 11.1 Å². The van der Waals surface area contributed by atoms with Gasteiger partial charge in [0, 0.05) is 51.3 Å². The Morgan fingerprint density at radius 1 is 1.06 bits per heavy atom. The number of hydrogen-bond donors (Lipinski definition) is 0. The Hall–Kier alpha value is -2.84. The van der Waals surface area contributed by atoms with Crippen molar-refractivity contribution < 1.29 is 18.7 Å². The lowest BCUT2D eigenvalue weighted by atomic mass is 10.0. The van der Waals surface area contributed by atoms with E-state index in [0.29, 0.717) is 41.1 Å². The molecule has 1 saturated heterocycles. The predicted molar refractivity (Wildman–Crippen MR) is 140 cm³/mol.